The lowest BCUT2D eigenvalue weighted by Gasteiger charge is -2.21. The third-order valence-electron chi connectivity index (χ3n) is 4.78. The van der Waals surface area contributed by atoms with Crippen molar-refractivity contribution in [2.45, 2.75) is 11.4 Å². The number of hydrogen-bond acceptors (Lipinski definition) is 6. The first-order valence-electron chi connectivity index (χ1n) is 10.1. The number of aromatic carboxylic acids is 1. The Bertz CT molecular complexity index is 1260. The van der Waals surface area contributed by atoms with Gasteiger partial charge in [0.15, 0.2) is 0 Å². The lowest BCUT2D eigenvalue weighted by atomic mass is 10.1. The second-order valence-electron chi connectivity index (χ2n) is 7.15. The Balaban J connectivity index is 1.75. The highest BCUT2D eigenvalue weighted by molar-refractivity contribution is 7.89. The van der Waals surface area contributed by atoms with Gasteiger partial charge < -0.3 is 9.84 Å². The summed E-state index contributed by atoms with van der Waals surface area (Å²) in [6, 6.07) is 20.7. The summed E-state index contributed by atoms with van der Waals surface area (Å²) < 4.78 is 32.7. The van der Waals surface area contributed by atoms with E-state index in [-0.39, 0.29) is 17.0 Å². The molecule has 10 heteroatoms. The van der Waals surface area contributed by atoms with Crippen molar-refractivity contribution in [2.24, 2.45) is 5.10 Å². The first kappa shape index (κ1) is 24.6. The summed E-state index contributed by atoms with van der Waals surface area (Å²) in [6.07, 6.45) is 1.34. The molecule has 0 heterocycles. The number of sulfonamides is 1. The van der Waals surface area contributed by atoms with Crippen LogP contribution in [0.15, 0.2) is 88.9 Å². The molecule has 34 heavy (non-hydrogen) atoms. The number of carboxylic acids is 1. The fraction of sp³-hybridized carbons (Fsp3) is 0.125. The highest BCUT2D eigenvalue weighted by atomic mass is 32.2. The maximum absolute atomic E-state index is 13.3. The summed E-state index contributed by atoms with van der Waals surface area (Å²) in [5.41, 5.74) is 3.73. The number of hydrogen-bond donors (Lipinski definition) is 2. The van der Waals surface area contributed by atoms with Crippen LogP contribution in [0.5, 0.6) is 5.75 Å². The summed E-state index contributed by atoms with van der Waals surface area (Å²) in [5, 5.41) is 12.8. The summed E-state index contributed by atoms with van der Waals surface area (Å²) in [5.74, 6) is -1.17. The number of methoxy groups -OCH3 is 1. The summed E-state index contributed by atoms with van der Waals surface area (Å²) in [4.78, 5) is 23.5. The highest BCUT2D eigenvalue weighted by Crippen LogP contribution is 2.21. The van der Waals surface area contributed by atoms with Crippen molar-refractivity contribution in [1.29, 1.82) is 0 Å². The highest BCUT2D eigenvalue weighted by Gasteiger charge is 2.27. The average molecular weight is 482 g/mol. The van der Waals surface area contributed by atoms with Gasteiger partial charge in [0.2, 0.25) is 10.0 Å². The van der Waals surface area contributed by atoms with Crippen LogP contribution in [0.1, 0.15) is 21.5 Å². The summed E-state index contributed by atoms with van der Waals surface area (Å²) >= 11 is 0. The maximum Gasteiger partial charge on any atom is 0.335 e. The summed E-state index contributed by atoms with van der Waals surface area (Å²) in [7, 11) is -2.52. The SMILES string of the molecule is COc1ccc(S(=O)(=O)N(CC(=O)N/N=C\c2ccc(C(=O)O)cc2)Cc2ccccc2)cc1. The van der Waals surface area contributed by atoms with Crippen LogP contribution in [-0.2, 0) is 21.4 Å². The fourth-order valence-corrected chi connectivity index (χ4v) is 4.38. The van der Waals surface area contributed by atoms with E-state index in [1.165, 1.54) is 61.9 Å². The lowest BCUT2D eigenvalue weighted by Crippen LogP contribution is -2.39. The molecule has 0 saturated carbocycles. The molecule has 0 aliphatic heterocycles. The molecular formula is C24H23N3O6S. The van der Waals surface area contributed by atoms with E-state index in [0.29, 0.717) is 11.3 Å². The van der Waals surface area contributed by atoms with E-state index in [2.05, 4.69) is 10.5 Å². The number of carbonyl (C=O) groups is 2. The molecule has 0 radical (unpaired) electrons. The third-order valence-corrected chi connectivity index (χ3v) is 6.59. The van der Waals surface area contributed by atoms with Gasteiger partial charge in [-0.1, -0.05) is 42.5 Å². The van der Waals surface area contributed by atoms with Gasteiger partial charge in [-0.2, -0.15) is 9.41 Å². The Labute approximate surface area is 197 Å². The molecule has 0 saturated heterocycles. The zero-order chi connectivity index (χ0) is 24.6. The Hall–Kier alpha value is -4.02. The molecular weight excluding hydrogens is 458 g/mol. The topological polar surface area (TPSA) is 125 Å². The number of amides is 1. The van der Waals surface area contributed by atoms with Crippen molar-refractivity contribution in [3.05, 3.63) is 95.6 Å². The molecule has 3 aromatic rings. The number of ether oxygens (including phenoxy) is 1. The van der Waals surface area contributed by atoms with E-state index < -0.39 is 28.4 Å². The Morgan fingerprint density at radius 2 is 1.65 bits per heavy atom. The monoisotopic (exact) mass is 481 g/mol. The minimum absolute atomic E-state index is 0.0109. The molecule has 176 valence electrons. The zero-order valence-corrected chi connectivity index (χ0v) is 19.1. The molecule has 1 amide bonds. The Morgan fingerprint density at radius 3 is 2.24 bits per heavy atom. The zero-order valence-electron chi connectivity index (χ0n) is 18.3. The van der Waals surface area contributed by atoms with Crippen molar-refractivity contribution >= 4 is 28.1 Å². The molecule has 0 aromatic heterocycles. The average Bonchev–Trinajstić information content (AvgIpc) is 2.84. The van der Waals surface area contributed by atoms with Gasteiger partial charge in [-0.25, -0.2) is 18.6 Å². The molecule has 0 aliphatic carbocycles. The van der Waals surface area contributed by atoms with Crippen LogP contribution in [0.4, 0.5) is 0 Å². The second kappa shape index (κ2) is 11.2. The second-order valence-corrected chi connectivity index (χ2v) is 9.09. The normalized spacial score (nSPS) is 11.5. The van der Waals surface area contributed by atoms with Crippen molar-refractivity contribution < 1.29 is 27.9 Å². The minimum Gasteiger partial charge on any atom is -0.497 e. The van der Waals surface area contributed by atoms with E-state index >= 15 is 0 Å². The van der Waals surface area contributed by atoms with Gasteiger partial charge in [0.25, 0.3) is 5.91 Å². The number of benzene rings is 3. The molecule has 0 fully saturated rings. The van der Waals surface area contributed by atoms with E-state index in [1.54, 1.807) is 24.3 Å². The largest absolute Gasteiger partial charge is 0.497 e. The predicted molar refractivity (Wildman–Crippen MR) is 126 cm³/mol. The molecule has 0 bridgehead atoms. The smallest absolute Gasteiger partial charge is 0.335 e. The molecule has 9 nitrogen and oxygen atoms in total. The van der Waals surface area contributed by atoms with Crippen LogP contribution >= 0.6 is 0 Å². The maximum atomic E-state index is 13.3. The van der Waals surface area contributed by atoms with Crippen LogP contribution in [0.2, 0.25) is 0 Å². The van der Waals surface area contributed by atoms with Gasteiger partial charge in [-0.3, -0.25) is 4.79 Å². The molecule has 2 N–H and O–H groups in total. The number of nitrogens with one attached hydrogen (secondary N) is 1. The van der Waals surface area contributed by atoms with Crippen molar-refractivity contribution in [3.63, 3.8) is 0 Å². The van der Waals surface area contributed by atoms with Crippen LogP contribution in [0.25, 0.3) is 0 Å². The molecule has 0 spiro atoms. The number of carboxylic acid groups (broad SMARTS) is 1. The number of hydrazone groups is 1. The van der Waals surface area contributed by atoms with E-state index in [4.69, 9.17) is 9.84 Å². The minimum atomic E-state index is -4.00. The standard InChI is InChI=1S/C24H23N3O6S/c1-33-21-11-13-22(14-12-21)34(31,32)27(16-19-5-3-2-4-6-19)17-23(28)26-25-15-18-7-9-20(10-8-18)24(29)30/h2-15H,16-17H2,1H3,(H,26,28)(H,29,30)/b25-15-. The number of rotatable bonds is 10. The Kier molecular flexibility index (Phi) is 8.12. The van der Waals surface area contributed by atoms with Gasteiger partial charge in [-0.05, 0) is 47.5 Å². The van der Waals surface area contributed by atoms with Crippen LogP contribution in [-0.4, -0.2) is 49.6 Å². The van der Waals surface area contributed by atoms with Crippen LogP contribution in [0.3, 0.4) is 0 Å². The quantitative estimate of drug-likeness (QED) is 0.339. The predicted octanol–water partition coefficient (Wildman–Crippen LogP) is 2.73. The molecule has 0 aliphatic rings. The number of nitrogens with zero attached hydrogens (tertiary/aromatic N) is 2. The van der Waals surface area contributed by atoms with Gasteiger partial charge in [0.1, 0.15) is 5.75 Å². The van der Waals surface area contributed by atoms with Crippen molar-refractivity contribution in [3.8, 4) is 5.75 Å². The first-order valence-corrected chi connectivity index (χ1v) is 11.6. The number of carbonyl (C=O) groups excluding carboxylic acids is 1. The van der Waals surface area contributed by atoms with Crippen molar-refractivity contribution in [1.82, 2.24) is 9.73 Å². The summed E-state index contributed by atoms with van der Waals surface area (Å²) in [6.45, 7) is -0.471. The van der Waals surface area contributed by atoms with Gasteiger partial charge in [0.05, 0.1) is 30.3 Å². The fourth-order valence-electron chi connectivity index (χ4n) is 3.00. The van der Waals surface area contributed by atoms with E-state index in [0.717, 1.165) is 9.87 Å². The molecule has 0 atom stereocenters. The van der Waals surface area contributed by atoms with Crippen LogP contribution < -0.4 is 10.2 Å². The third kappa shape index (κ3) is 6.50. The van der Waals surface area contributed by atoms with Gasteiger partial charge >= 0.3 is 5.97 Å². The van der Waals surface area contributed by atoms with Crippen molar-refractivity contribution in [2.75, 3.05) is 13.7 Å². The van der Waals surface area contributed by atoms with E-state index in [9.17, 15) is 18.0 Å². The van der Waals surface area contributed by atoms with Gasteiger partial charge in [0, 0.05) is 6.54 Å². The Morgan fingerprint density at radius 1 is 1.00 bits per heavy atom. The molecule has 3 rings (SSSR count). The van der Waals surface area contributed by atoms with E-state index in [1.807, 2.05) is 6.07 Å². The van der Waals surface area contributed by atoms with Crippen LogP contribution in [0, 0.1) is 0 Å². The molecule has 0 unspecified atom stereocenters. The van der Waals surface area contributed by atoms with Gasteiger partial charge in [-0.15, -0.1) is 0 Å². The first-order chi connectivity index (χ1) is 16.3. The molecule has 3 aromatic carbocycles. The lowest BCUT2D eigenvalue weighted by molar-refractivity contribution is -0.121.